The summed E-state index contributed by atoms with van der Waals surface area (Å²) in [6, 6.07) is 19.1. The van der Waals surface area contributed by atoms with Crippen LogP contribution in [-0.2, 0) is 19.1 Å². The van der Waals surface area contributed by atoms with Crippen molar-refractivity contribution < 1.29 is 19.1 Å². The molecule has 0 heterocycles. The van der Waals surface area contributed by atoms with Crippen molar-refractivity contribution in [3.05, 3.63) is 77.9 Å². The second-order valence-electron chi connectivity index (χ2n) is 5.26. The van der Waals surface area contributed by atoms with Crippen molar-refractivity contribution in [1.29, 1.82) is 0 Å². The third kappa shape index (κ3) is 4.81. The van der Waals surface area contributed by atoms with Crippen LogP contribution in [-0.4, -0.2) is 25.2 Å². The second kappa shape index (κ2) is 8.67. The van der Waals surface area contributed by atoms with Crippen molar-refractivity contribution in [2.75, 3.05) is 7.11 Å². The lowest BCUT2D eigenvalue weighted by Gasteiger charge is -2.22. The van der Waals surface area contributed by atoms with E-state index in [-0.39, 0.29) is 0 Å². The van der Waals surface area contributed by atoms with Crippen LogP contribution in [0.5, 0.6) is 0 Å². The Kier molecular flexibility index (Phi) is 6.32. The smallest absolute Gasteiger partial charge is 0.348 e. The SMILES string of the molecule is COC(=O)C(OC(C)=O)C(/C=C/c1ccccc1)c1ccccc1. The molecule has 0 saturated carbocycles. The van der Waals surface area contributed by atoms with Gasteiger partial charge in [-0.15, -0.1) is 0 Å². The lowest BCUT2D eigenvalue weighted by Crippen LogP contribution is -2.33. The highest BCUT2D eigenvalue weighted by atomic mass is 16.6. The van der Waals surface area contributed by atoms with Crippen molar-refractivity contribution in [3.8, 4) is 0 Å². The molecule has 0 aliphatic carbocycles. The Balaban J connectivity index is 2.39. The lowest BCUT2D eigenvalue weighted by molar-refractivity contribution is -0.165. The number of methoxy groups -OCH3 is 1. The lowest BCUT2D eigenvalue weighted by atomic mass is 9.92. The molecule has 4 heteroatoms. The Hall–Kier alpha value is -2.88. The van der Waals surface area contributed by atoms with Crippen molar-refractivity contribution in [2.45, 2.75) is 18.9 Å². The van der Waals surface area contributed by atoms with Crippen molar-refractivity contribution in [3.63, 3.8) is 0 Å². The van der Waals surface area contributed by atoms with E-state index in [1.807, 2.05) is 72.8 Å². The molecule has 0 fully saturated rings. The van der Waals surface area contributed by atoms with Crippen LogP contribution in [0, 0.1) is 0 Å². The van der Waals surface area contributed by atoms with Gasteiger partial charge >= 0.3 is 11.9 Å². The molecule has 2 unspecified atom stereocenters. The number of rotatable bonds is 6. The van der Waals surface area contributed by atoms with Crippen LogP contribution in [0.15, 0.2) is 66.7 Å². The molecular weight excluding hydrogens is 304 g/mol. The molecule has 0 amide bonds. The average Bonchev–Trinajstić information content (AvgIpc) is 2.61. The number of carbonyl (C=O) groups is 2. The van der Waals surface area contributed by atoms with Gasteiger partial charge in [0.15, 0.2) is 0 Å². The fourth-order valence-corrected chi connectivity index (χ4v) is 2.40. The largest absolute Gasteiger partial charge is 0.466 e. The summed E-state index contributed by atoms with van der Waals surface area (Å²) in [7, 11) is 1.28. The van der Waals surface area contributed by atoms with Gasteiger partial charge in [-0.05, 0) is 11.1 Å². The molecule has 0 N–H and O–H groups in total. The van der Waals surface area contributed by atoms with Crippen LogP contribution in [0.4, 0.5) is 0 Å². The zero-order valence-electron chi connectivity index (χ0n) is 13.7. The van der Waals surface area contributed by atoms with Gasteiger partial charge < -0.3 is 9.47 Å². The molecule has 2 rings (SSSR count). The Morgan fingerprint density at radius 1 is 0.958 bits per heavy atom. The van der Waals surface area contributed by atoms with E-state index in [4.69, 9.17) is 9.47 Å². The molecule has 0 radical (unpaired) electrons. The normalized spacial score (nSPS) is 13.2. The van der Waals surface area contributed by atoms with Crippen LogP contribution >= 0.6 is 0 Å². The highest BCUT2D eigenvalue weighted by Crippen LogP contribution is 2.26. The minimum atomic E-state index is -1.03. The molecule has 124 valence electrons. The number of benzene rings is 2. The molecule has 2 aromatic carbocycles. The van der Waals surface area contributed by atoms with Gasteiger partial charge in [0, 0.05) is 6.92 Å². The highest BCUT2D eigenvalue weighted by molar-refractivity contribution is 5.80. The molecule has 24 heavy (non-hydrogen) atoms. The van der Waals surface area contributed by atoms with Gasteiger partial charge in [-0.3, -0.25) is 4.79 Å². The fourth-order valence-electron chi connectivity index (χ4n) is 2.40. The van der Waals surface area contributed by atoms with Crippen molar-refractivity contribution >= 4 is 18.0 Å². The Morgan fingerprint density at radius 3 is 2.08 bits per heavy atom. The summed E-state index contributed by atoms with van der Waals surface area (Å²) < 4.78 is 10.1. The summed E-state index contributed by atoms with van der Waals surface area (Å²) in [6.45, 7) is 1.28. The van der Waals surface area contributed by atoms with Gasteiger partial charge in [0.05, 0.1) is 13.0 Å². The maximum atomic E-state index is 12.1. The van der Waals surface area contributed by atoms with Crippen molar-refractivity contribution in [2.24, 2.45) is 0 Å². The molecule has 0 aromatic heterocycles. The molecule has 0 aliphatic heterocycles. The standard InChI is InChI=1S/C20H20O4/c1-15(21)24-19(20(22)23-2)18(17-11-7-4-8-12-17)14-13-16-9-5-3-6-10-16/h3-14,18-19H,1-2H3/b14-13+. The van der Waals surface area contributed by atoms with E-state index in [1.54, 1.807) is 0 Å². The summed E-state index contributed by atoms with van der Waals surface area (Å²) in [5, 5.41) is 0. The van der Waals surface area contributed by atoms with Crippen molar-refractivity contribution in [1.82, 2.24) is 0 Å². The first-order valence-electron chi connectivity index (χ1n) is 7.65. The molecular formula is C20H20O4. The zero-order chi connectivity index (χ0) is 17.4. The summed E-state index contributed by atoms with van der Waals surface area (Å²) in [5.74, 6) is -1.56. The van der Waals surface area contributed by atoms with E-state index in [0.717, 1.165) is 11.1 Å². The van der Waals surface area contributed by atoms with E-state index in [1.165, 1.54) is 14.0 Å². The Bertz CT molecular complexity index is 692. The predicted octanol–water partition coefficient (Wildman–Crippen LogP) is 3.59. The van der Waals surface area contributed by atoms with Gasteiger partial charge in [-0.2, -0.15) is 0 Å². The second-order valence-corrected chi connectivity index (χ2v) is 5.26. The molecule has 0 bridgehead atoms. The van der Waals surface area contributed by atoms with Gasteiger partial charge in [0.2, 0.25) is 6.10 Å². The Labute approximate surface area is 141 Å². The fraction of sp³-hybridized carbons (Fsp3) is 0.200. The number of esters is 2. The minimum absolute atomic E-state index is 0.442. The van der Waals surface area contributed by atoms with Gasteiger partial charge in [-0.25, -0.2) is 4.79 Å². The summed E-state index contributed by atoms with van der Waals surface area (Å²) in [6.07, 6.45) is 2.72. The molecule has 4 nitrogen and oxygen atoms in total. The number of hydrogen-bond acceptors (Lipinski definition) is 4. The van der Waals surface area contributed by atoms with Crippen LogP contribution in [0.25, 0.3) is 6.08 Å². The molecule has 0 spiro atoms. The van der Waals surface area contributed by atoms with E-state index in [9.17, 15) is 9.59 Å². The van der Waals surface area contributed by atoms with Gasteiger partial charge in [0.25, 0.3) is 0 Å². The number of carbonyl (C=O) groups excluding carboxylic acids is 2. The van der Waals surface area contributed by atoms with E-state index in [0.29, 0.717) is 0 Å². The molecule has 0 saturated heterocycles. The predicted molar refractivity (Wildman–Crippen MR) is 92.2 cm³/mol. The summed E-state index contributed by atoms with van der Waals surface area (Å²) >= 11 is 0. The Morgan fingerprint density at radius 2 is 1.54 bits per heavy atom. The quantitative estimate of drug-likeness (QED) is 0.762. The monoisotopic (exact) mass is 324 g/mol. The average molecular weight is 324 g/mol. The first kappa shape index (κ1) is 17.5. The topological polar surface area (TPSA) is 52.6 Å². The van der Waals surface area contributed by atoms with E-state index < -0.39 is 24.0 Å². The number of hydrogen-bond donors (Lipinski definition) is 0. The maximum absolute atomic E-state index is 12.1. The molecule has 2 aromatic rings. The molecule has 0 aliphatic rings. The minimum Gasteiger partial charge on any atom is -0.466 e. The first-order chi connectivity index (χ1) is 11.6. The summed E-state index contributed by atoms with van der Waals surface area (Å²) in [5.41, 5.74) is 1.85. The van der Waals surface area contributed by atoms with Crippen LogP contribution in [0.2, 0.25) is 0 Å². The van der Waals surface area contributed by atoms with E-state index >= 15 is 0 Å². The third-order valence-corrected chi connectivity index (χ3v) is 3.53. The number of ether oxygens (including phenoxy) is 2. The van der Waals surface area contributed by atoms with Gasteiger partial charge in [0.1, 0.15) is 0 Å². The zero-order valence-corrected chi connectivity index (χ0v) is 13.7. The summed E-state index contributed by atoms with van der Waals surface area (Å²) in [4.78, 5) is 23.6. The van der Waals surface area contributed by atoms with Gasteiger partial charge in [-0.1, -0.05) is 72.8 Å². The third-order valence-electron chi connectivity index (χ3n) is 3.53. The maximum Gasteiger partial charge on any atom is 0.348 e. The van der Waals surface area contributed by atoms with Crippen LogP contribution in [0.1, 0.15) is 24.0 Å². The molecule has 2 atom stereocenters. The first-order valence-corrected chi connectivity index (χ1v) is 7.65. The van der Waals surface area contributed by atoms with Crippen LogP contribution in [0.3, 0.4) is 0 Å². The highest BCUT2D eigenvalue weighted by Gasteiger charge is 2.31. The van der Waals surface area contributed by atoms with Crippen LogP contribution < -0.4 is 0 Å². The van der Waals surface area contributed by atoms with E-state index in [2.05, 4.69) is 0 Å².